The van der Waals surface area contributed by atoms with Crippen LogP contribution in [0.1, 0.15) is 60.3 Å². The Balaban J connectivity index is 1.77. The molecule has 0 bridgehead atoms. The highest BCUT2D eigenvalue weighted by molar-refractivity contribution is 9.10. The number of benzene rings is 2. The summed E-state index contributed by atoms with van der Waals surface area (Å²) in [4.78, 5) is 31.0. The molecule has 6 nitrogen and oxygen atoms in total. The third kappa shape index (κ3) is 5.05. The number of amides is 1. The molecule has 34 heavy (non-hydrogen) atoms. The monoisotopic (exact) mass is 526 g/mol. The molecule has 0 aliphatic carbocycles. The summed E-state index contributed by atoms with van der Waals surface area (Å²) < 4.78 is 12.8. The molecule has 0 N–H and O–H groups in total. The minimum atomic E-state index is -0.511. The van der Waals surface area contributed by atoms with Crippen LogP contribution >= 0.6 is 15.9 Å². The third-order valence-electron chi connectivity index (χ3n) is 6.12. The fraction of sp³-hybridized carbons (Fsp3) is 0.407. The van der Waals surface area contributed by atoms with Gasteiger partial charge in [-0.2, -0.15) is 0 Å². The van der Waals surface area contributed by atoms with Gasteiger partial charge < -0.3 is 19.0 Å². The minimum Gasteiger partial charge on any atom is -0.494 e. The van der Waals surface area contributed by atoms with Crippen LogP contribution in [0.5, 0.6) is 5.75 Å². The topological polar surface area (TPSA) is 63.0 Å². The van der Waals surface area contributed by atoms with Crippen molar-refractivity contribution in [1.29, 1.82) is 0 Å². The average molecular weight is 527 g/mol. The van der Waals surface area contributed by atoms with Gasteiger partial charge in [0, 0.05) is 11.0 Å². The first kappa shape index (κ1) is 24.5. The first-order valence-electron chi connectivity index (χ1n) is 11.9. The predicted molar refractivity (Wildman–Crippen MR) is 138 cm³/mol. The van der Waals surface area contributed by atoms with Gasteiger partial charge in [-0.15, -0.1) is 0 Å². The normalized spacial score (nSPS) is 15.4. The maximum Gasteiger partial charge on any atom is 0.290 e. The third-order valence-corrected chi connectivity index (χ3v) is 6.62. The first-order valence-corrected chi connectivity index (χ1v) is 12.6. The van der Waals surface area contributed by atoms with Crippen molar-refractivity contribution in [3.63, 3.8) is 0 Å². The van der Waals surface area contributed by atoms with Gasteiger partial charge in [-0.05, 0) is 69.4 Å². The zero-order valence-electron chi connectivity index (χ0n) is 20.0. The highest BCUT2D eigenvalue weighted by Gasteiger charge is 2.42. The lowest BCUT2D eigenvalue weighted by atomic mass is 9.98. The number of carbonyl (C=O) groups is 1. The SMILES string of the molecule is CCCCCOc1cccc(C2c3c(oc4ccc(Br)cc4c3=O)C(=O)N2CCCN(C)C)c1. The van der Waals surface area contributed by atoms with Crippen molar-refractivity contribution in [2.24, 2.45) is 0 Å². The molecule has 0 spiro atoms. The van der Waals surface area contributed by atoms with Gasteiger partial charge in [0.2, 0.25) is 5.76 Å². The maximum absolute atomic E-state index is 13.7. The Bertz CT molecular complexity index is 1240. The van der Waals surface area contributed by atoms with Crippen LogP contribution in [0, 0.1) is 0 Å². The summed E-state index contributed by atoms with van der Waals surface area (Å²) in [6, 6.07) is 12.5. The minimum absolute atomic E-state index is 0.143. The molecular weight excluding hydrogens is 496 g/mol. The van der Waals surface area contributed by atoms with E-state index in [1.807, 2.05) is 44.4 Å². The second-order valence-corrected chi connectivity index (χ2v) is 9.92. The van der Waals surface area contributed by atoms with E-state index in [0.29, 0.717) is 29.7 Å². The van der Waals surface area contributed by atoms with Crippen molar-refractivity contribution in [3.8, 4) is 5.75 Å². The quantitative estimate of drug-likeness (QED) is 0.320. The molecule has 3 aromatic rings. The molecule has 0 saturated heterocycles. The number of carbonyl (C=O) groups excluding carboxylic acids is 1. The molecule has 1 aromatic heterocycles. The van der Waals surface area contributed by atoms with Crippen molar-refractivity contribution in [1.82, 2.24) is 9.80 Å². The summed E-state index contributed by atoms with van der Waals surface area (Å²) in [6.45, 7) is 4.16. The van der Waals surface area contributed by atoms with E-state index in [9.17, 15) is 9.59 Å². The lowest BCUT2D eigenvalue weighted by Gasteiger charge is -2.26. The molecule has 1 aliphatic heterocycles. The van der Waals surface area contributed by atoms with E-state index < -0.39 is 6.04 Å². The Labute approximate surface area is 208 Å². The van der Waals surface area contributed by atoms with Gasteiger partial charge in [0.25, 0.3) is 5.91 Å². The van der Waals surface area contributed by atoms with Crippen LogP contribution in [-0.4, -0.2) is 49.5 Å². The van der Waals surface area contributed by atoms with Gasteiger partial charge in [-0.25, -0.2) is 0 Å². The molecular formula is C27H31BrN2O4. The molecule has 2 aromatic carbocycles. The first-order chi connectivity index (χ1) is 16.4. The Kier molecular flexibility index (Phi) is 7.73. The summed E-state index contributed by atoms with van der Waals surface area (Å²) in [7, 11) is 4.01. The van der Waals surface area contributed by atoms with Gasteiger partial charge in [0.15, 0.2) is 5.43 Å². The largest absolute Gasteiger partial charge is 0.494 e. The summed E-state index contributed by atoms with van der Waals surface area (Å²) in [5.41, 5.74) is 1.51. The van der Waals surface area contributed by atoms with Crippen molar-refractivity contribution in [2.75, 3.05) is 33.8 Å². The van der Waals surface area contributed by atoms with Crippen molar-refractivity contribution in [2.45, 2.75) is 38.6 Å². The Morgan fingerprint density at radius 2 is 1.91 bits per heavy atom. The summed E-state index contributed by atoms with van der Waals surface area (Å²) in [5, 5.41) is 0.466. The van der Waals surface area contributed by atoms with Crippen LogP contribution in [0.4, 0.5) is 0 Å². The van der Waals surface area contributed by atoms with Crippen LogP contribution < -0.4 is 10.2 Å². The van der Waals surface area contributed by atoms with Gasteiger partial charge in [0.05, 0.1) is 23.6 Å². The van der Waals surface area contributed by atoms with E-state index in [4.69, 9.17) is 9.15 Å². The fourth-order valence-electron chi connectivity index (χ4n) is 4.44. The molecule has 0 saturated carbocycles. The fourth-order valence-corrected chi connectivity index (χ4v) is 4.80. The molecule has 1 aliphatic rings. The number of rotatable bonds is 10. The van der Waals surface area contributed by atoms with E-state index in [0.717, 1.165) is 48.0 Å². The van der Waals surface area contributed by atoms with E-state index in [1.54, 1.807) is 17.0 Å². The molecule has 4 rings (SSSR count). The van der Waals surface area contributed by atoms with Crippen LogP contribution in [0.25, 0.3) is 11.0 Å². The summed E-state index contributed by atoms with van der Waals surface area (Å²) in [6.07, 6.45) is 4.03. The van der Waals surface area contributed by atoms with E-state index in [2.05, 4.69) is 27.8 Å². The van der Waals surface area contributed by atoms with Crippen molar-refractivity contribution in [3.05, 3.63) is 74.0 Å². The molecule has 1 unspecified atom stereocenters. The van der Waals surface area contributed by atoms with E-state index in [-0.39, 0.29) is 17.1 Å². The smallest absolute Gasteiger partial charge is 0.290 e. The predicted octanol–water partition coefficient (Wildman–Crippen LogP) is 5.62. The molecule has 0 fully saturated rings. The van der Waals surface area contributed by atoms with Crippen molar-refractivity contribution >= 4 is 32.8 Å². The number of nitrogens with zero attached hydrogens (tertiary/aromatic N) is 2. The zero-order valence-corrected chi connectivity index (χ0v) is 21.6. The molecule has 2 heterocycles. The number of unbranched alkanes of at least 4 members (excludes halogenated alkanes) is 2. The van der Waals surface area contributed by atoms with E-state index in [1.165, 1.54) is 0 Å². The van der Waals surface area contributed by atoms with Crippen LogP contribution in [0.15, 0.2) is 56.1 Å². The average Bonchev–Trinajstić information content (AvgIpc) is 3.09. The number of hydrogen-bond acceptors (Lipinski definition) is 5. The number of hydrogen-bond donors (Lipinski definition) is 0. The standard InChI is InChI=1S/C27H31BrN2O4/c1-4-5-6-15-33-20-10-7-9-18(16-20)24-23-25(31)21-17-19(28)11-12-22(21)34-26(23)27(32)30(24)14-8-13-29(2)3/h7,9-12,16-17,24H,4-6,8,13-15H2,1-3H3. The summed E-state index contributed by atoms with van der Waals surface area (Å²) >= 11 is 3.44. The molecule has 1 amide bonds. The van der Waals surface area contributed by atoms with Crippen LogP contribution in [0.2, 0.25) is 0 Å². The number of fused-ring (bicyclic) bond motifs is 2. The van der Waals surface area contributed by atoms with Gasteiger partial charge >= 0.3 is 0 Å². The van der Waals surface area contributed by atoms with Crippen LogP contribution in [0.3, 0.4) is 0 Å². The second kappa shape index (κ2) is 10.7. The number of ether oxygens (including phenoxy) is 1. The Morgan fingerprint density at radius 1 is 1.09 bits per heavy atom. The molecule has 0 radical (unpaired) electrons. The maximum atomic E-state index is 13.7. The Hall–Kier alpha value is -2.64. The van der Waals surface area contributed by atoms with Gasteiger partial charge in [0.1, 0.15) is 11.3 Å². The van der Waals surface area contributed by atoms with Crippen molar-refractivity contribution < 1.29 is 13.9 Å². The summed E-state index contributed by atoms with van der Waals surface area (Å²) in [5.74, 6) is 0.648. The molecule has 1 atom stereocenters. The Morgan fingerprint density at radius 3 is 2.68 bits per heavy atom. The van der Waals surface area contributed by atoms with Crippen LogP contribution in [-0.2, 0) is 0 Å². The zero-order chi connectivity index (χ0) is 24.2. The second-order valence-electron chi connectivity index (χ2n) is 9.00. The highest BCUT2D eigenvalue weighted by Crippen LogP contribution is 2.39. The van der Waals surface area contributed by atoms with E-state index >= 15 is 0 Å². The molecule has 7 heteroatoms. The number of halogens is 1. The van der Waals surface area contributed by atoms with Gasteiger partial charge in [-0.3, -0.25) is 9.59 Å². The molecule has 180 valence electrons. The lowest BCUT2D eigenvalue weighted by molar-refractivity contribution is 0.0722. The lowest BCUT2D eigenvalue weighted by Crippen LogP contribution is -2.32. The highest BCUT2D eigenvalue weighted by atomic mass is 79.9. The van der Waals surface area contributed by atoms with Gasteiger partial charge in [-0.1, -0.05) is 47.8 Å².